The third-order valence-corrected chi connectivity index (χ3v) is 5.38. The molecule has 0 bridgehead atoms. The lowest BCUT2D eigenvalue weighted by Crippen LogP contribution is -2.28. The highest BCUT2D eigenvalue weighted by atomic mass is 79.9. The third kappa shape index (κ3) is 4.73. The van der Waals surface area contributed by atoms with Crippen molar-refractivity contribution in [1.29, 1.82) is 0 Å². The fourth-order valence-electron chi connectivity index (χ4n) is 2.11. The highest BCUT2D eigenvalue weighted by Gasteiger charge is 2.19. The van der Waals surface area contributed by atoms with E-state index in [-0.39, 0.29) is 11.2 Å². The molecule has 1 amide bonds. The Morgan fingerprint density at radius 1 is 1.27 bits per heavy atom. The Labute approximate surface area is 145 Å². The fraction of sp³-hybridized carbons (Fsp3) is 0.353. The molecule has 1 aliphatic rings. The van der Waals surface area contributed by atoms with Crippen LogP contribution in [-0.2, 0) is 0 Å². The van der Waals surface area contributed by atoms with E-state index < -0.39 is 0 Å². The molecule has 0 heterocycles. The van der Waals surface area contributed by atoms with E-state index in [1.54, 1.807) is 0 Å². The van der Waals surface area contributed by atoms with E-state index in [4.69, 9.17) is 0 Å². The maximum atomic E-state index is 12.3. The lowest BCUT2D eigenvalue weighted by Gasteiger charge is -2.21. The predicted molar refractivity (Wildman–Crippen MR) is 98.0 cm³/mol. The third-order valence-electron chi connectivity index (χ3n) is 3.56. The molecule has 2 rings (SSSR count). The average molecular weight is 381 g/mol. The number of thioether (sulfide) groups is 1. The van der Waals surface area contributed by atoms with E-state index >= 15 is 0 Å². The summed E-state index contributed by atoms with van der Waals surface area (Å²) < 4.78 is 0.971. The van der Waals surface area contributed by atoms with Crippen LogP contribution in [-0.4, -0.2) is 35.0 Å². The van der Waals surface area contributed by atoms with Crippen LogP contribution in [0, 0.1) is 0 Å². The second-order valence-electron chi connectivity index (χ2n) is 4.99. The largest absolute Gasteiger partial charge is 0.324 e. The summed E-state index contributed by atoms with van der Waals surface area (Å²) in [5.74, 6) is 0.906. The minimum atomic E-state index is -0.0594. The van der Waals surface area contributed by atoms with Crippen LogP contribution in [0.2, 0.25) is 0 Å². The summed E-state index contributed by atoms with van der Waals surface area (Å²) in [6, 6.07) is 7.40. The van der Waals surface area contributed by atoms with Crippen LogP contribution in [0.15, 0.2) is 52.7 Å². The summed E-state index contributed by atoms with van der Waals surface area (Å²) in [6.07, 6.45) is 6.12. The van der Waals surface area contributed by atoms with Gasteiger partial charge in [-0.15, -0.1) is 11.8 Å². The van der Waals surface area contributed by atoms with E-state index in [9.17, 15) is 4.79 Å². The monoisotopic (exact) mass is 380 g/mol. The lowest BCUT2D eigenvalue weighted by molar-refractivity contribution is 0.0965. The maximum Gasteiger partial charge on any atom is 0.255 e. The Morgan fingerprint density at radius 2 is 1.95 bits per heavy atom. The molecule has 1 unspecified atom stereocenters. The first kappa shape index (κ1) is 17.3. The van der Waals surface area contributed by atoms with Gasteiger partial charge in [0.2, 0.25) is 0 Å². The van der Waals surface area contributed by atoms with Crippen LogP contribution < -0.4 is 5.32 Å². The first-order valence-electron chi connectivity index (χ1n) is 7.43. The number of rotatable bonds is 7. The topological polar surface area (TPSA) is 32.3 Å². The first-order valence-corrected chi connectivity index (χ1v) is 9.27. The smallest absolute Gasteiger partial charge is 0.255 e. The van der Waals surface area contributed by atoms with Crippen molar-refractivity contribution in [2.75, 3.05) is 19.0 Å². The van der Waals surface area contributed by atoms with Crippen LogP contribution in [0.4, 0.5) is 0 Å². The normalized spacial score (nSPS) is 16.9. The van der Waals surface area contributed by atoms with Gasteiger partial charge in [0.1, 0.15) is 0 Å². The number of amides is 1. The summed E-state index contributed by atoms with van der Waals surface area (Å²) in [6.45, 7) is 6.43. The van der Waals surface area contributed by atoms with Crippen LogP contribution >= 0.6 is 27.7 Å². The van der Waals surface area contributed by atoms with Crippen molar-refractivity contribution in [1.82, 2.24) is 10.2 Å². The SMILES string of the molecule is CCN(CC)CSC1C=CC=C1NC(=O)c1ccc(Br)cc1. The zero-order valence-corrected chi connectivity index (χ0v) is 15.3. The van der Waals surface area contributed by atoms with Gasteiger partial charge in [-0.05, 0) is 43.4 Å². The number of hydrogen-bond acceptors (Lipinski definition) is 3. The summed E-state index contributed by atoms with van der Waals surface area (Å²) >= 11 is 5.22. The van der Waals surface area contributed by atoms with Crippen molar-refractivity contribution in [2.45, 2.75) is 19.1 Å². The number of benzene rings is 1. The summed E-state index contributed by atoms with van der Waals surface area (Å²) in [5, 5.41) is 3.25. The summed E-state index contributed by atoms with van der Waals surface area (Å²) in [5.41, 5.74) is 1.63. The number of halogens is 1. The van der Waals surface area contributed by atoms with Gasteiger partial charge in [0.15, 0.2) is 0 Å². The number of nitrogens with zero attached hydrogens (tertiary/aromatic N) is 1. The fourth-order valence-corrected chi connectivity index (χ4v) is 3.63. The van der Waals surface area contributed by atoms with E-state index in [0.29, 0.717) is 5.56 Å². The zero-order valence-electron chi connectivity index (χ0n) is 12.9. The molecule has 0 saturated carbocycles. The van der Waals surface area contributed by atoms with E-state index in [1.165, 1.54) is 0 Å². The summed E-state index contributed by atoms with van der Waals surface area (Å²) in [4.78, 5) is 14.7. The van der Waals surface area contributed by atoms with Crippen molar-refractivity contribution in [2.24, 2.45) is 0 Å². The second kappa shape index (κ2) is 8.56. The van der Waals surface area contributed by atoms with Gasteiger partial charge in [0.05, 0.1) is 5.25 Å². The van der Waals surface area contributed by atoms with Crippen LogP contribution in [0.1, 0.15) is 24.2 Å². The molecule has 0 spiro atoms. The van der Waals surface area contributed by atoms with Crippen LogP contribution in [0.5, 0.6) is 0 Å². The van der Waals surface area contributed by atoms with Crippen molar-refractivity contribution in [3.63, 3.8) is 0 Å². The van der Waals surface area contributed by atoms with Gasteiger partial charge in [-0.3, -0.25) is 9.69 Å². The van der Waals surface area contributed by atoms with Crippen molar-refractivity contribution < 1.29 is 4.79 Å². The minimum Gasteiger partial charge on any atom is -0.324 e. The molecule has 1 N–H and O–H groups in total. The molecule has 0 radical (unpaired) electrons. The van der Waals surface area contributed by atoms with Crippen molar-refractivity contribution in [3.05, 3.63) is 58.2 Å². The molecule has 3 nitrogen and oxygen atoms in total. The van der Waals surface area contributed by atoms with E-state index in [2.05, 4.69) is 46.1 Å². The standard InChI is InChI=1S/C17H21BrN2OS/c1-3-20(4-2)12-22-16-7-5-6-15(16)19-17(21)13-8-10-14(18)11-9-13/h5-11,16H,3-4,12H2,1-2H3,(H,19,21). The molecule has 118 valence electrons. The van der Waals surface area contributed by atoms with Gasteiger partial charge in [-0.1, -0.05) is 41.9 Å². The maximum absolute atomic E-state index is 12.3. The number of carbonyl (C=O) groups is 1. The minimum absolute atomic E-state index is 0.0594. The number of hydrogen-bond donors (Lipinski definition) is 1. The zero-order chi connectivity index (χ0) is 15.9. The van der Waals surface area contributed by atoms with Gasteiger partial charge in [-0.2, -0.15) is 0 Å². The Hall–Kier alpha value is -1.04. The first-order chi connectivity index (χ1) is 10.6. The highest BCUT2D eigenvalue weighted by molar-refractivity contribution is 9.10. The molecule has 0 fully saturated rings. The van der Waals surface area contributed by atoms with E-state index in [1.807, 2.05) is 48.2 Å². The molecule has 1 atom stereocenters. The molecule has 0 aliphatic heterocycles. The average Bonchev–Trinajstić information content (AvgIpc) is 2.96. The van der Waals surface area contributed by atoms with Gasteiger partial charge < -0.3 is 5.32 Å². The molecule has 0 aromatic heterocycles. The van der Waals surface area contributed by atoms with Gasteiger partial charge in [0, 0.05) is 21.6 Å². The van der Waals surface area contributed by atoms with Crippen molar-refractivity contribution >= 4 is 33.6 Å². The molecule has 22 heavy (non-hydrogen) atoms. The molecule has 1 aromatic carbocycles. The van der Waals surface area contributed by atoms with Crippen molar-refractivity contribution in [3.8, 4) is 0 Å². The van der Waals surface area contributed by atoms with Gasteiger partial charge in [0.25, 0.3) is 5.91 Å². The Balaban J connectivity index is 1.91. The number of carbonyl (C=O) groups excluding carboxylic acids is 1. The molecular weight excluding hydrogens is 360 g/mol. The molecule has 1 aliphatic carbocycles. The Kier molecular flexibility index (Phi) is 6.73. The van der Waals surface area contributed by atoms with Crippen LogP contribution in [0.25, 0.3) is 0 Å². The Bertz CT molecular complexity index is 565. The number of nitrogens with one attached hydrogen (secondary N) is 1. The van der Waals surface area contributed by atoms with Crippen LogP contribution in [0.3, 0.4) is 0 Å². The highest BCUT2D eigenvalue weighted by Crippen LogP contribution is 2.24. The molecule has 1 aromatic rings. The lowest BCUT2D eigenvalue weighted by atomic mass is 10.2. The van der Waals surface area contributed by atoms with Gasteiger partial charge >= 0.3 is 0 Å². The van der Waals surface area contributed by atoms with E-state index in [0.717, 1.165) is 29.1 Å². The summed E-state index contributed by atoms with van der Waals surface area (Å²) in [7, 11) is 0. The van der Waals surface area contributed by atoms with Gasteiger partial charge in [-0.25, -0.2) is 0 Å². The second-order valence-corrected chi connectivity index (χ2v) is 7.00. The molecule has 0 saturated heterocycles. The molecular formula is C17H21BrN2OS. The Morgan fingerprint density at radius 3 is 2.59 bits per heavy atom. The quantitative estimate of drug-likeness (QED) is 0.724. The predicted octanol–water partition coefficient (Wildman–Crippen LogP) is 4.03. The molecule has 5 heteroatoms. The number of allylic oxidation sites excluding steroid dienone is 2.